The van der Waals surface area contributed by atoms with Crippen LogP contribution < -0.4 is 9.64 Å². The molecule has 3 rings (SSSR count). The van der Waals surface area contributed by atoms with Crippen molar-refractivity contribution in [3.8, 4) is 5.75 Å². The molecule has 0 N–H and O–H groups in total. The molecular formula is C22H26FNO2. The molecule has 1 aliphatic rings. The summed E-state index contributed by atoms with van der Waals surface area (Å²) in [4.78, 5) is 12.8. The lowest BCUT2D eigenvalue weighted by Crippen LogP contribution is -2.35. The van der Waals surface area contributed by atoms with E-state index in [0.717, 1.165) is 37.0 Å². The summed E-state index contributed by atoms with van der Waals surface area (Å²) in [5.41, 5.74) is 3.86. The van der Waals surface area contributed by atoms with E-state index in [-0.39, 0.29) is 5.82 Å². The Bertz CT molecular complexity index is 773. The van der Waals surface area contributed by atoms with Gasteiger partial charge in [-0.1, -0.05) is 24.3 Å². The number of fused-ring (bicyclic) bond motifs is 1. The van der Waals surface area contributed by atoms with Crippen molar-refractivity contribution in [3.63, 3.8) is 0 Å². The van der Waals surface area contributed by atoms with Gasteiger partial charge in [0.05, 0.1) is 5.69 Å². The molecule has 0 saturated heterocycles. The predicted molar refractivity (Wildman–Crippen MR) is 102 cm³/mol. The highest BCUT2D eigenvalue weighted by atomic mass is 19.1. The van der Waals surface area contributed by atoms with Gasteiger partial charge in [-0.05, 0) is 61.9 Å². The van der Waals surface area contributed by atoms with Crippen molar-refractivity contribution < 1.29 is 13.9 Å². The number of para-hydroxylation sites is 1. The molecule has 1 heterocycles. The summed E-state index contributed by atoms with van der Waals surface area (Å²) in [6, 6.07) is 11.7. The number of carbonyl (C=O) groups is 1. The zero-order valence-corrected chi connectivity index (χ0v) is 15.5. The fraction of sp³-hybridized carbons (Fsp3) is 0.409. The van der Waals surface area contributed by atoms with Gasteiger partial charge in [0, 0.05) is 19.0 Å². The van der Waals surface area contributed by atoms with Gasteiger partial charge >= 0.3 is 0 Å². The second kappa shape index (κ2) is 8.35. The third-order valence-electron chi connectivity index (χ3n) is 4.88. The highest BCUT2D eigenvalue weighted by Gasteiger charge is 2.23. The molecule has 1 aliphatic heterocycles. The molecule has 3 nitrogen and oxygen atoms in total. The van der Waals surface area contributed by atoms with E-state index in [2.05, 4.69) is 24.8 Å². The van der Waals surface area contributed by atoms with Crippen molar-refractivity contribution >= 4 is 12.0 Å². The van der Waals surface area contributed by atoms with Gasteiger partial charge in [-0.15, -0.1) is 0 Å². The average Bonchev–Trinajstić information content (AvgIpc) is 2.65. The molecule has 0 aromatic heterocycles. The van der Waals surface area contributed by atoms with Gasteiger partial charge in [0.15, 0.2) is 0 Å². The van der Waals surface area contributed by atoms with Crippen LogP contribution in [0.15, 0.2) is 36.4 Å². The van der Waals surface area contributed by atoms with Gasteiger partial charge in [0.2, 0.25) is 0 Å². The molecule has 0 saturated carbocycles. The number of anilines is 1. The Morgan fingerprint density at radius 2 is 2.12 bits per heavy atom. The van der Waals surface area contributed by atoms with Gasteiger partial charge in [-0.2, -0.15) is 0 Å². The van der Waals surface area contributed by atoms with Crippen LogP contribution in [-0.4, -0.2) is 18.9 Å². The van der Waals surface area contributed by atoms with E-state index >= 15 is 0 Å². The number of rotatable bonds is 7. The Labute approximate surface area is 154 Å². The Balaban J connectivity index is 1.76. The standard InChI is InChI=1S/C22H26FNO2/c1-16(2)24-12-4-7-19-6-3-9-21(22(19)24)26-15-17-10-11-18(8-5-13-25)20(23)14-17/h3,6,9-11,13-14,16H,4-5,7-8,12,15H2,1-2H3. The monoisotopic (exact) mass is 355 g/mol. The zero-order valence-electron chi connectivity index (χ0n) is 15.5. The van der Waals surface area contributed by atoms with Crippen LogP contribution in [-0.2, 0) is 24.2 Å². The summed E-state index contributed by atoms with van der Waals surface area (Å²) in [7, 11) is 0. The first-order valence-electron chi connectivity index (χ1n) is 9.32. The summed E-state index contributed by atoms with van der Waals surface area (Å²) in [6.07, 6.45) is 3.81. The molecule has 0 amide bonds. The minimum Gasteiger partial charge on any atom is -0.487 e. The number of nitrogens with zero attached hydrogens (tertiary/aromatic N) is 1. The van der Waals surface area contributed by atoms with Crippen molar-refractivity contribution in [3.05, 3.63) is 58.9 Å². The van der Waals surface area contributed by atoms with Crippen LogP contribution in [0.5, 0.6) is 5.75 Å². The first-order chi connectivity index (χ1) is 12.6. The minimum atomic E-state index is -0.271. The molecule has 26 heavy (non-hydrogen) atoms. The number of hydrogen-bond acceptors (Lipinski definition) is 3. The SMILES string of the molecule is CC(C)N1CCCc2cccc(OCc3ccc(CCC=O)c(F)c3)c21. The Morgan fingerprint density at radius 3 is 2.85 bits per heavy atom. The lowest BCUT2D eigenvalue weighted by Gasteiger charge is -2.36. The summed E-state index contributed by atoms with van der Waals surface area (Å²) in [5.74, 6) is 0.591. The second-order valence-electron chi connectivity index (χ2n) is 7.07. The van der Waals surface area contributed by atoms with Crippen LogP contribution in [0.4, 0.5) is 10.1 Å². The van der Waals surface area contributed by atoms with E-state index in [4.69, 9.17) is 4.74 Å². The third-order valence-corrected chi connectivity index (χ3v) is 4.88. The minimum absolute atomic E-state index is 0.271. The topological polar surface area (TPSA) is 29.5 Å². The summed E-state index contributed by atoms with van der Waals surface area (Å²) in [6.45, 7) is 5.75. The average molecular weight is 355 g/mol. The lowest BCUT2D eigenvalue weighted by atomic mass is 9.99. The van der Waals surface area contributed by atoms with Gasteiger partial charge < -0.3 is 14.4 Å². The maximum Gasteiger partial charge on any atom is 0.143 e. The van der Waals surface area contributed by atoms with E-state index in [1.165, 1.54) is 17.3 Å². The van der Waals surface area contributed by atoms with Crippen LogP contribution in [0.1, 0.15) is 43.4 Å². The van der Waals surface area contributed by atoms with Crippen molar-refractivity contribution in [1.29, 1.82) is 0 Å². The number of halogens is 1. The van der Waals surface area contributed by atoms with Crippen molar-refractivity contribution in [1.82, 2.24) is 0 Å². The molecule has 138 valence electrons. The molecule has 0 fully saturated rings. The summed E-state index contributed by atoms with van der Waals surface area (Å²) < 4.78 is 20.2. The van der Waals surface area contributed by atoms with Crippen molar-refractivity contribution in [2.75, 3.05) is 11.4 Å². The van der Waals surface area contributed by atoms with Crippen LogP contribution in [0.3, 0.4) is 0 Å². The van der Waals surface area contributed by atoms with Gasteiger partial charge in [-0.3, -0.25) is 0 Å². The summed E-state index contributed by atoms with van der Waals surface area (Å²) >= 11 is 0. The molecule has 0 atom stereocenters. The molecule has 2 aromatic carbocycles. The molecule has 0 unspecified atom stereocenters. The fourth-order valence-electron chi connectivity index (χ4n) is 3.54. The number of benzene rings is 2. The quantitative estimate of drug-likeness (QED) is 0.675. The van der Waals surface area contributed by atoms with Crippen molar-refractivity contribution in [2.45, 2.75) is 52.2 Å². The molecule has 0 bridgehead atoms. The normalized spacial score (nSPS) is 13.6. The van der Waals surface area contributed by atoms with E-state index in [0.29, 0.717) is 31.1 Å². The smallest absolute Gasteiger partial charge is 0.143 e. The van der Waals surface area contributed by atoms with Gasteiger partial charge in [-0.25, -0.2) is 4.39 Å². The van der Waals surface area contributed by atoms with Crippen LogP contribution >= 0.6 is 0 Å². The van der Waals surface area contributed by atoms with Crippen LogP contribution in [0.2, 0.25) is 0 Å². The largest absolute Gasteiger partial charge is 0.487 e. The maximum absolute atomic E-state index is 14.2. The Kier molecular flexibility index (Phi) is 5.92. The van der Waals surface area contributed by atoms with Crippen LogP contribution in [0.25, 0.3) is 0 Å². The zero-order chi connectivity index (χ0) is 18.5. The molecule has 2 aromatic rings. The fourth-order valence-corrected chi connectivity index (χ4v) is 3.54. The van der Waals surface area contributed by atoms with E-state index in [1.54, 1.807) is 6.07 Å². The number of carbonyl (C=O) groups excluding carboxylic acids is 1. The Hall–Kier alpha value is -2.36. The van der Waals surface area contributed by atoms with E-state index in [9.17, 15) is 9.18 Å². The highest BCUT2D eigenvalue weighted by Crippen LogP contribution is 2.37. The summed E-state index contributed by atoms with van der Waals surface area (Å²) in [5, 5.41) is 0. The molecule has 0 spiro atoms. The first-order valence-corrected chi connectivity index (χ1v) is 9.32. The maximum atomic E-state index is 14.2. The Morgan fingerprint density at radius 1 is 1.27 bits per heavy atom. The molecular weight excluding hydrogens is 329 g/mol. The number of aldehydes is 1. The highest BCUT2D eigenvalue weighted by molar-refractivity contribution is 5.65. The number of aryl methyl sites for hydroxylation is 2. The van der Waals surface area contributed by atoms with Crippen molar-refractivity contribution in [2.24, 2.45) is 0 Å². The molecule has 0 radical (unpaired) electrons. The predicted octanol–water partition coefficient (Wildman–Crippen LogP) is 4.70. The number of ether oxygens (including phenoxy) is 1. The lowest BCUT2D eigenvalue weighted by molar-refractivity contribution is -0.107. The van der Waals surface area contributed by atoms with Crippen LogP contribution in [0, 0.1) is 5.82 Å². The van der Waals surface area contributed by atoms with E-state index < -0.39 is 0 Å². The third kappa shape index (κ3) is 4.06. The first kappa shape index (κ1) is 18.4. The molecule has 4 heteroatoms. The molecule has 0 aliphatic carbocycles. The van der Waals surface area contributed by atoms with Gasteiger partial charge in [0.1, 0.15) is 24.5 Å². The second-order valence-corrected chi connectivity index (χ2v) is 7.07. The van der Waals surface area contributed by atoms with Gasteiger partial charge in [0.25, 0.3) is 0 Å². The number of hydrogen-bond donors (Lipinski definition) is 0. The van der Waals surface area contributed by atoms with E-state index in [1.807, 2.05) is 18.2 Å².